The zero-order chi connectivity index (χ0) is 13.9. The van der Waals surface area contributed by atoms with Gasteiger partial charge in [0.25, 0.3) is 11.2 Å². The Kier molecular flexibility index (Phi) is 5.40. The van der Waals surface area contributed by atoms with Crippen LogP contribution in [-0.4, -0.2) is 15.2 Å². The molecule has 100 valence electrons. The van der Waals surface area contributed by atoms with Crippen LogP contribution >= 0.6 is 28.6 Å². The Hall–Kier alpha value is -0.820. The standard InChI is InChI=1S/C11H15BrN2O3S/c1-3-8(6-18)4-13-5-9(14(16)17)7(2)10(12)11(13)15/h5,8,18H,3-4,6H2,1-2H3. The number of nitrogens with zero attached hydrogens (tertiary/aromatic N) is 2. The van der Waals surface area contributed by atoms with Crippen molar-refractivity contribution in [2.45, 2.75) is 26.8 Å². The van der Waals surface area contributed by atoms with Gasteiger partial charge in [0.2, 0.25) is 0 Å². The molecule has 0 fully saturated rings. The molecule has 0 aromatic carbocycles. The van der Waals surface area contributed by atoms with Gasteiger partial charge in [-0.05, 0) is 34.5 Å². The molecule has 1 aromatic rings. The van der Waals surface area contributed by atoms with Crippen LogP contribution in [0.1, 0.15) is 18.9 Å². The first kappa shape index (κ1) is 15.2. The van der Waals surface area contributed by atoms with Crippen LogP contribution in [-0.2, 0) is 6.54 Å². The summed E-state index contributed by atoms with van der Waals surface area (Å²) in [6, 6.07) is 0. The molecule has 1 atom stereocenters. The largest absolute Gasteiger partial charge is 0.308 e. The van der Waals surface area contributed by atoms with Crippen molar-refractivity contribution in [3.63, 3.8) is 0 Å². The Balaban J connectivity index is 3.28. The number of rotatable bonds is 5. The van der Waals surface area contributed by atoms with Gasteiger partial charge in [0.05, 0.1) is 15.6 Å². The second-order valence-electron chi connectivity index (χ2n) is 4.12. The van der Waals surface area contributed by atoms with E-state index < -0.39 is 4.92 Å². The van der Waals surface area contributed by atoms with Crippen molar-refractivity contribution in [1.82, 2.24) is 4.57 Å². The Morgan fingerprint density at radius 3 is 2.67 bits per heavy atom. The van der Waals surface area contributed by atoms with E-state index >= 15 is 0 Å². The summed E-state index contributed by atoms with van der Waals surface area (Å²) >= 11 is 7.34. The molecular weight excluding hydrogens is 320 g/mol. The highest BCUT2D eigenvalue weighted by atomic mass is 79.9. The van der Waals surface area contributed by atoms with Crippen LogP contribution in [0.5, 0.6) is 0 Å². The monoisotopic (exact) mass is 334 g/mol. The molecular formula is C11H15BrN2O3S. The molecule has 1 rings (SSSR count). The molecule has 1 unspecified atom stereocenters. The van der Waals surface area contributed by atoms with Gasteiger partial charge in [-0.3, -0.25) is 14.9 Å². The van der Waals surface area contributed by atoms with Gasteiger partial charge >= 0.3 is 0 Å². The second kappa shape index (κ2) is 6.38. The highest BCUT2D eigenvalue weighted by Crippen LogP contribution is 2.22. The highest BCUT2D eigenvalue weighted by Gasteiger charge is 2.19. The lowest BCUT2D eigenvalue weighted by molar-refractivity contribution is -0.386. The smallest absolute Gasteiger partial charge is 0.289 e. The van der Waals surface area contributed by atoms with E-state index in [1.165, 1.54) is 10.8 Å². The van der Waals surface area contributed by atoms with Crippen molar-refractivity contribution in [2.24, 2.45) is 5.92 Å². The van der Waals surface area contributed by atoms with E-state index in [-0.39, 0.29) is 21.6 Å². The SMILES string of the molecule is CCC(CS)Cn1cc([N+](=O)[O-])c(C)c(Br)c1=O. The molecule has 1 aromatic heterocycles. The Labute approximate surface area is 119 Å². The minimum Gasteiger partial charge on any atom is -0.308 e. The van der Waals surface area contributed by atoms with Crippen LogP contribution in [0.25, 0.3) is 0 Å². The lowest BCUT2D eigenvalue weighted by Gasteiger charge is -2.14. The molecule has 0 aliphatic carbocycles. The van der Waals surface area contributed by atoms with E-state index in [9.17, 15) is 14.9 Å². The van der Waals surface area contributed by atoms with E-state index in [1.807, 2.05) is 6.92 Å². The van der Waals surface area contributed by atoms with Gasteiger partial charge in [-0.15, -0.1) is 0 Å². The summed E-state index contributed by atoms with van der Waals surface area (Å²) in [5.41, 5.74) is 0.0778. The van der Waals surface area contributed by atoms with Crippen molar-refractivity contribution in [3.8, 4) is 0 Å². The van der Waals surface area contributed by atoms with Gasteiger partial charge in [-0.25, -0.2) is 0 Å². The predicted octanol–water partition coefficient (Wildman–Crippen LogP) is 2.78. The van der Waals surface area contributed by atoms with Crippen molar-refractivity contribution < 1.29 is 4.92 Å². The Bertz CT molecular complexity index is 512. The normalized spacial score (nSPS) is 12.4. The van der Waals surface area contributed by atoms with Gasteiger partial charge in [0.1, 0.15) is 0 Å². The summed E-state index contributed by atoms with van der Waals surface area (Å²) < 4.78 is 1.64. The molecule has 7 heteroatoms. The van der Waals surface area contributed by atoms with Crippen molar-refractivity contribution in [2.75, 3.05) is 5.75 Å². The van der Waals surface area contributed by atoms with Gasteiger partial charge < -0.3 is 4.57 Å². The summed E-state index contributed by atoms with van der Waals surface area (Å²) in [4.78, 5) is 22.4. The third kappa shape index (κ3) is 3.14. The van der Waals surface area contributed by atoms with E-state index in [0.29, 0.717) is 17.9 Å². The fourth-order valence-electron chi connectivity index (χ4n) is 1.62. The summed E-state index contributed by atoms with van der Waals surface area (Å²) in [6.07, 6.45) is 2.18. The molecule has 0 amide bonds. The molecule has 0 spiro atoms. The third-order valence-corrected chi connectivity index (χ3v) is 4.38. The maximum atomic E-state index is 12.0. The van der Waals surface area contributed by atoms with Gasteiger partial charge in [-0.1, -0.05) is 13.3 Å². The molecule has 0 radical (unpaired) electrons. The molecule has 1 heterocycles. The van der Waals surface area contributed by atoms with Crippen LogP contribution in [0.2, 0.25) is 0 Å². The molecule has 0 N–H and O–H groups in total. The molecule has 0 saturated heterocycles. The topological polar surface area (TPSA) is 65.1 Å². The first-order valence-corrected chi connectivity index (χ1v) is 6.99. The zero-order valence-electron chi connectivity index (χ0n) is 10.2. The van der Waals surface area contributed by atoms with Gasteiger partial charge in [-0.2, -0.15) is 12.6 Å². The molecule has 0 aliphatic rings. The van der Waals surface area contributed by atoms with Crippen molar-refractivity contribution >= 4 is 34.2 Å². The number of nitro groups is 1. The fourth-order valence-corrected chi connectivity index (χ4v) is 2.42. The number of halogens is 1. The maximum Gasteiger partial charge on any atom is 0.289 e. The quantitative estimate of drug-likeness (QED) is 0.511. The molecule has 0 aliphatic heterocycles. The second-order valence-corrected chi connectivity index (χ2v) is 5.28. The molecule has 18 heavy (non-hydrogen) atoms. The average Bonchev–Trinajstić information content (AvgIpc) is 2.35. The first-order chi connectivity index (χ1) is 8.42. The number of thiol groups is 1. The fraction of sp³-hybridized carbons (Fsp3) is 0.545. The Morgan fingerprint density at radius 2 is 2.22 bits per heavy atom. The van der Waals surface area contributed by atoms with Crippen LogP contribution in [0.15, 0.2) is 15.5 Å². The minimum atomic E-state index is -0.475. The van der Waals surface area contributed by atoms with Crippen molar-refractivity contribution in [1.29, 1.82) is 0 Å². The van der Waals surface area contributed by atoms with E-state index in [4.69, 9.17) is 0 Å². The maximum absolute atomic E-state index is 12.0. The first-order valence-electron chi connectivity index (χ1n) is 5.57. The van der Waals surface area contributed by atoms with E-state index in [0.717, 1.165) is 6.42 Å². The molecule has 0 saturated carbocycles. The van der Waals surface area contributed by atoms with Gasteiger partial charge in [0, 0.05) is 12.1 Å². The molecule has 0 bridgehead atoms. The highest BCUT2D eigenvalue weighted by molar-refractivity contribution is 9.10. The summed E-state index contributed by atoms with van der Waals surface area (Å²) in [6.45, 7) is 4.01. The van der Waals surface area contributed by atoms with E-state index in [2.05, 4.69) is 28.6 Å². The minimum absolute atomic E-state index is 0.0458. The van der Waals surface area contributed by atoms with Crippen LogP contribution in [0.4, 0.5) is 5.69 Å². The Morgan fingerprint density at radius 1 is 1.61 bits per heavy atom. The number of hydrogen-bond acceptors (Lipinski definition) is 4. The number of hydrogen-bond donors (Lipinski definition) is 1. The van der Waals surface area contributed by atoms with Crippen LogP contribution in [0.3, 0.4) is 0 Å². The third-order valence-electron chi connectivity index (χ3n) is 2.93. The lowest BCUT2D eigenvalue weighted by Crippen LogP contribution is -2.26. The van der Waals surface area contributed by atoms with Crippen LogP contribution in [0, 0.1) is 23.0 Å². The van der Waals surface area contributed by atoms with Gasteiger partial charge in [0.15, 0.2) is 0 Å². The lowest BCUT2D eigenvalue weighted by atomic mass is 10.1. The zero-order valence-corrected chi connectivity index (χ0v) is 12.7. The van der Waals surface area contributed by atoms with Crippen molar-refractivity contribution in [3.05, 3.63) is 36.7 Å². The summed E-state index contributed by atoms with van der Waals surface area (Å²) in [5, 5.41) is 10.9. The molecule has 5 nitrogen and oxygen atoms in total. The number of pyridine rings is 1. The van der Waals surface area contributed by atoms with Crippen LogP contribution < -0.4 is 5.56 Å². The summed E-state index contributed by atoms with van der Waals surface area (Å²) in [5.74, 6) is 0.864. The number of aromatic nitrogens is 1. The van der Waals surface area contributed by atoms with E-state index in [1.54, 1.807) is 6.92 Å². The summed E-state index contributed by atoms with van der Waals surface area (Å²) in [7, 11) is 0. The predicted molar refractivity (Wildman–Crippen MR) is 77.4 cm³/mol. The average molecular weight is 335 g/mol.